The number of hydrogen-bond acceptors (Lipinski definition) is 2. The molecule has 0 fully saturated rings. The summed E-state index contributed by atoms with van der Waals surface area (Å²) in [5.41, 5.74) is 1.30. The lowest BCUT2D eigenvalue weighted by Gasteiger charge is -1.93. The van der Waals surface area contributed by atoms with Gasteiger partial charge in [0.2, 0.25) is 0 Å². The molecule has 0 aromatic rings. The van der Waals surface area contributed by atoms with Gasteiger partial charge in [0.1, 0.15) is 0 Å². The lowest BCUT2D eigenvalue weighted by Crippen LogP contribution is -1.93. The Morgan fingerprint density at radius 2 is 1.86 bits per heavy atom. The second-order valence-electron chi connectivity index (χ2n) is 3.03. The van der Waals surface area contributed by atoms with Crippen LogP contribution in [0.1, 0.15) is 20.8 Å². The van der Waals surface area contributed by atoms with Crippen LogP contribution >= 0.6 is 0 Å². The van der Waals surface area contributed by atoms with E-state index < -0.39 is 10.0 Å². The summed E-state index contributed by atoms with van der Waals surface area (Å²) in [4.78, 5) is 0.299. The van der Waals surface area contributed by atoms with Gasteiger partial charge in [-0.05, 0) is 32.4 Å². The maximum atomic E-state index is 11.5. The number of hydrogen-bond donors (Lipinski definition) is 0. The fourth-order valence-electron chi connectivity index (χ4n) is 1.13. The standard InChI is InChI=1S/C10H13NO2S/c1-4-5-6-7-10-8(2)9(3)11-14(10,12)13/h4-7H,1-3H3/b5-4-,7-6-. The molecule has 0 saturated heterocycles. The van der Waals surface area contributed by atoms with Gasteiger partial charge in [-0.2, -0.15) is 12.8 Å². The minimum Gasteiger partial charge on any atom is -0.199 e. The van der Waals surface area contributed by atoms with Crippen molar-refractivity contribution in [3.63, 3.8) is 0 Å². The van der Waals surface area contributed by atoms with Crippen molar-refractivity contribution < 1.29 is 8.42 Å². The van der Waals surface area contributed by atoms with Crippen LogP contribution in [0.25, 0.3) is 0 Å². The van der Waals surface area contributed by atoms with Gasteiger partial charge in [-0.15, -0.1) is 0 Å². The molecular formula is C10H13NO2S. The van der Waals surface area contributed by atoms with E-state index in [1.807, 2.05) is 13.0 Å². The fourth-order valence-corrected chi connectivity index (χ4v) is 2.52. The average Bonchev–Trinajstić information content (AvgIpc) is 2.27. The van der Waals surface area contributed by atoms with Crippen molar-refractivity contribution in [2.75, 3.05) is 0 Å². The van der Waals surface area contributed by atoms with Crippen LogP contribution in [0.5, 0.6) is 0 Å². The van der Waals surface area contributed by atoms with Crippen LogP contribution in [0.4, 0.5) is 0 Å². The second kappa shape index (κ2) is 3.92. The van der Waals surface area contributed by atoms with Crippen LogP contribution in [0.15, 0.2) is 39.2 Å². The summed E-state index contributed by atoms with van der Waals surface area (Å²) >= 11 is 0. The predicted octanol–water partition coefficient (Wildman–Crippen LogP) is 2.20. The van der Waals surface area contributed by atoms with Crippen molar-refractivity contribution in [1.29, 1.82) is 0 Å². The number of nitrogens with zero attached hydrogens (tertiary/aromatic N) is 1. The van der Waals surface area contributed by atoms with E-state index in [9.17, 15) is 8.42 Å². The summed E-state index contributed by atoms with van der Waals surface area (Å²) in [6.45, 7) is 5.33. The molecule has 1 aliphatic heterocycles. The van der Waals surface area contributed by atoms with E-state index in [2.05, 4.69) is 4.40 Å². The highest BCUT2D eigenvalue weighted by Crippen LogP contribution is 2.24. The molecule has 76 valence electrons. The van der Waals surface area contributed by atoms with E-state index in [1.165, 1.54) is 0 Å². The third kappa shape index (κ3) is 2.01. The number of allylic oxidation sites excluding steroid dienone is 5. The largest absolute Gasteiger partial charge is 0.282 e. The third-order valence-electron chi connectivity index (χ3n) is 2.00. The SMILES string of the molecule is C/C=C\C=C/C1=C(C)C(C)=NS1(=O)=O. The minimum absolute atomic E-state index is 0.299. The Labute approximate surface area is 84.6 Å². The third-order valence-corrected chi connectivity index (χ3v) is 3.51. The van der Waals surface area contributed by atoms with Crippen LogP contribution < -0.4 is 0 Å². The Morgan fingerprint density at radius 3 is 2.29 bits per heavy atom. The summed E-state index contributed by atoms with van der Waals surface area (Å²) in [5.74, 6) is 0. The van der Waals surface area contributed by atoms with Crippen LogP contribution in [-0.2, 0) is 10.0 Å². The molecule has 1 rings (SSSR count). The molecule has 0 saturated carbocycles. The van der Waals surface area contributed by atoms with E-state index in [0.717, 1.165) is 5.57 Å². The number of sulfonamides is 1. The molecule has 1 aliphatic rings. The predicted molar refractivity (Wildman–Crippen MR) is 58.7 cm³/mol. The smallest absolute Gasteiger partial charge is 0.199 e. The van der Waals surface area contributed by atoms with Crippen molar-refractivity contribution in [2.45, 2.75) is 20.8 Å². The molecular weight excluding hydrogens is 198 g/mol. The summed E-state index contributed by atoms with van der Waals surface area (Å²) in [6.07, 6.45) is 6.89. The van der Waals surface area contributed by atoms with Crippen LogP contribution in [0, 0.1) is 0 Å². The van der Waals surface area contributed by atoms with Gasteiger partial charge in [0.05, 0.1) is 10.6 Å². The van der Waals surface area contributed by atoms with Crippen LogP contribution in [0.2, 0.25) is 0 Å². The topological polar surface area (TPSA) is 46.5 Å². The molecule has 0 amide bonds. The molecule has 0 N–H and O–H groups in total. The van der Waals surface area contributed by atoms with Crippen molar-refractivity contribution >= 4 is 15.7 Å². The fraction of sp³-hybridized carbons (Fsp3) is 0.300. The zero-order valence-electron chi connectivity index (χ0n) is 8.48. The first kappa shape index (κ1) is 10.9. The van der Waals surface area contributed by atoms with Gasteiger partial charge in [-0.3, -0.25) is 0 Å². The zero-order chi connectivity index (χ0) is 10.8. The molecule has 4 heteroatoms. The summed E-state index contributed by atoms with van der Waals surface area (Å²) in [6, 6.07) is 0. The summed E-state index contributed by atoms with van der Waals surface area (Å²) in [7, 11) is -3.42. The van der Waals surface area contributed by atoms with Crippen molar-refractivity contribution in [2.24, 2.45) is 4.40 Å². The van der Waals surface area contributed by atoms with Gasteiger partial charge < -0.3 is 0 Å². The molecule has 0 radical (unpaired) electrons. The Hall–Kier alpha value is -1.16. The minimum atomic E-state index is -3.42. The summed E-state index contributed by atoms with van der Waals surface area (Å²) < 4.78 is 26.5. The molecule has 0 aromatic heterocycles. The quantitative estimate of drug-likeness (QED) is 0.657. The number of rotatable bonds is 2. The highest BCUT2D eigenvalue weighted by atomic mass is 32.2. The normalized spacial score (nSPS) is 21.2. The van der Waals surface area contributed by atoms with Gasteiger partial charge in [0, 0.05) is 0 Å². The zero-order valence-corrected chi connectivity index (χ0v) is 9.30. The monoisotopic (exact) mass is 211 g/mol. The maximum Gasteiger partial charge on any atom is 0.282 e. The van der Waals surface area contributed by atoms with E-state index >= 15 is 0 Å². The molecule has 1 heterocycles. The summed E-state index contributed by atoms with van der Waals surface area (Å²) in [5, 5.41) is 0. The molecule has 14 heavy (non-hydrogen) atoms. The molecule has 0 spiro atoms. The van der Waals surface area contributed by atoms with Gasteiger partial charge in [0.25, 0.3) is 10.0 Å². The Balaban J connectivity index is 3.13. The lowest BCUT2D eigenvalue weighted by molar-refractivity contribution is 0.605. The van der Waals surface area contributed by atoms with E-state index in [0.29, 0.717) is 10.6 Å². The van der Waals surface area contributed by atoms with Gasteiger partial charge in [0.15, 0.2) is 0 Å². The van der Waals surface area contributed by atoms with E-state index in [-0.39, 0.29) is 0 Å². The second-order valence-corrected chi connectivity index (χ2v) is 4.60. The first-order chi connectivity index (χ1) is 6.49. The molecule has 0 aromatic carbocycles. The molecule has 0 unspecified atom stereocenters. The van der Waals surface area contributed by atoms with E-state index in [4.69, 9.17) is 0 Å². The highest BCUT2D eigenvalue weighted by molar-refractivity contribution is 7.94. The Kier molecular flexibility index (Phi) is 3.06. The Morgan fingerprint density at radius 1 is 1.21 bits per heavy atom. The lowest BCUT2D eigenvalue weighted by atomic mass is 10.2. The molecule has 0 atom stereocenters. The van der Waals surface area contributed by atoms with Crippen LogP contribution in [-0.4, -0.2) is 14.1 Å². The van der Waals surface area contributed by atoms with Gasteiger partial charge >= 0.3 is 0 Å². The first-order valence-corrected chi connectivity index (χ1v) is 5.75. The first-order valence-electron chi connectivity index (χ1n) is 4.31. The van der Waals surface area contributed by atoms with Gasteiger partial charge in [-0.1, -0.05) is 18.2 Å². The average molecular weight is 211 g/mol. The molecule has 0 bridgehead atoms. The van der Waals surface area contributed by atoms with Crippen molar-refractivity contribution in [3.8, 4) is 0 Å². The van der Waals surface area contributed by atoms with Crippen molar-refractivity contribution in [1.82, 2.24) is 0 Å². The Bertz CT molecular complexity index is 451. The van der Waals surface area contributed by atoms with Crippen molar-refractivity contribution in [3.05, 3.63) is 34.8 Å². The maximum absolute atomic E-state index is 11.5. The molecule has 0 aliphatic carbocycles. The van der Waals surface area contributed by atoms with Gasteiger partial charge in [-0.25, -0.2) is 0 Å². The van der Waals surface area contributed by atoms with Crippen LogP contribution in [0.3, 0.4) is 0 Å². The highest BCUT2D eigenvalue weighted by Gasteiger charge is 2.24. The van der Waals surface area contributed by atoms with E-state index in [1.54, 1.807) is 32.1 Å². The molecule has 3 nitrogen and oxygen atoms in total.